The summed E-state index contributed by atoms with van der Waals surface area (Å²) in [5.74, 6) is -0.317. The van der Waals surface area contributed by atoms with Crippen molar-refractivity contribution in [1.29, 1.82) is 0 Å². The molecule has 3 rings (SSSR count). The number of nitrogens with one attached hydrogen (secondary N) is 1. The number of carbonyl (C=O) groups excluding carboxylic acids is 1. The van der Waals surface area contributed by atoms with Crippen molar-refractivity contribution in [2.75, 3.05) is 5.32 Å². The molecular formula is C19H20FNO. The first-order chi connectivity index (χ1) is 10.6. The topological polar surface area (TPSA) is 29.1 Å². The van der Waals surface area contributed by atoms with Gasteiger partial charge in [0, 0.05) is 11.3 Å². The van der Waals surface area contributed by atoms with Gasteiger partial charge in [-0.3, -0.25) is 4.79 Å². The molecule has 1 aliphatic rings. The van der Waals surface area contributed by atoms with Gasteiger partial charge in [-0.05, 0) is 37.5 Å². The first kappa shape index (κ1) is 14.8. The van der Waals surface area contributed by atoms with Crippen LogP contribution in [-0.2, 0) is 10.2 Å². The molecule has 2 nitrogen and oxygen atoms in total. The Morgan fingerprint density at radius 3 is 2.41 bits per heavy atom. The lowest BCUT2D eigenvalue weighted by Crippen LogP contribution is -2.38. The zero-order chi connectivity index (χ0) is 15.6. The van der Waals surface area contributed by atoms with Crippen LogP contribution in [0.25, 0.3) is 0 Å². The van der Waals surface area contributed by atoms with Gasteiger partial charge in [-0.25, -0.2) is 4.39 Å². The smallest absolute Gasteiger partial charge is 0.235 e. The van der Waals surface area contributed by atoms with Crippen LogP contribution in [0.3, 0.4) is 0 Å². The van der Waals surface area contributed by atoms with Gasteiger partial charge in [-0.2, -0.15) is 0 Å². The number of hydrogen-bond donors (Lipinski definition) is 1. The second-order valence-electron chi connectivity index (χ2n) is 6.02. The highest BCUT2D eigenvalue weighted by Crippen LogP contribution is 2.42. The van der Waals surface area contributed by atoms with Crippen LogP contribution in [0, 0.1) is 12.7 Å². The third-order valence-corrected chi connectivity index (χ3v) is 4.73. The second-order valence-corrected chi connectivity index (χ2v) is 6.02. The molecule has 0 atom stereocenters. The molecule has 1 saturated carbocycles. The third-order valence-electron chi connectivity index (χ3n) is 4.73. The van der Waals surface area contributed by atoms with Gasteiger partial charge in [0.1, 0.15) is 5.82 Å². The first-order valence-electron chi connectivity index (χ1n) is 7.75. The maximum Gasteiger partial charge on any atom is 0.235 e. The van der Waals surface area contributed by atoms with Crippen molar-refractivity contribution >= 4 is 11.6 Å². The zero-order valence-electron chi connectivity index (χ0n) is 12.7. The summed E-state index contributed by atoms with van der Waals surface area (Å²) in [5, 5.41) is 2.95. The van der Waals surface area contributed by atoms with Crippen LogP contribution >= 0.6 is 0 Å². The molecule has 0 heterocycles. The van der Waals surface area contributed by atoms with E-state index in [1.165, 1.54) is 6.07 Å². The minimum atomic E-state index is -0.486. The Morgan fingerprint density at radius 2 is 1.73 bits per heavy atom. The molecule has 0 aliphatic heterocycles. The zero-order valence-corrected chi connectivity index (χ0v) is 12.7. The molecule has 2 aromatic rings. The lowest BCUT2D eigenvalue weighted by molar-refractivity contribution is -0.121. The highest BCUT2D eigenvalue weighted by atomic mass is 19.1. The fourth-order valence-electron chi connectivity index (χ4n) is 3.37. The maximum absolute atomic E-state index is 13.7. The number of anilines is 1. The Morgan fingerprint density at radius 1 is 1.05 bits per heavy atom. The molecule has 0 unspecified atom stereocenters. The van der Waals surface area contributed by atoms with Crippen LogP contribution in [0.5, 0.6) is 0 Å². The highest BCUT2D eigenvalue weighted by Gasteiger charge is 2.42. The molecule has 0 bridgehead atoms. The van der Waals surface area contributed by atoms with E-state index in [1.54, 1.807) is 19.1 Å². The van der Waals surface area contributed by atoms with Crippen LogP contribution in [0.1, 0.15) is 36.8 Å². The lowest BCUT2D eigenvalue weighted by Gasteiger charge is -2.28. The van der Waals surface area contributed by atoms with Gasteiger partial charge >= 0.3 is 0 Å². The van der Waals surface area contributed by atoms with Gasteiger partial charge in [0.2, 0.25) is 5.91 Å². The summed E-state index contributed by atoms with van der Waals surface area (Å²) < 4.78 is 13.7. The number of benzene rings is 2. The standard InChI is InChI=1S/C19H20FNO/c1-14-16(20)10-7-11-17(14)21-18(22)19(12-5-6-13-19)15-8-3-2-4-9-15/h2-4,7-11H,5-6,12-13H2,1H3,(H,21,22). The molecule has 0 spiro atoms. The maximum atomic E-state index is 13.7. The highest BCUT2D eigenvalue weighted by molar-refractivity contribution is 5.99. The van der Waals surface area contributed by atoms with Crippen LogP contribution in [-0.4, -0.2) is 5.91 Å². The van der Waals surface area contributed by atoms with E-state index in [9.17, 15) is 9.18 Å². The molecule has 0 radical (unpaired) electrons. The van der Waals surface area contributed by atoms with Crippen LogP contribution in [0.2, 0.25) is 0 Å². The molecule has 1 aliphatic carbocycles. The van der Waals surface area contributed by atoms with Crippen molar-refractivity contribution < 1.29 is 9.18 Å². The Kier molecular flexibility index (Phi) is 3.97. The SMILES string of the molecule is Cc1c(F)cccc1NC(=O)C1(c2ccccc2)CCCC1. The number of halogens is 1. The third kappa shape index (κ3) is 2.52. The average molecular weight is 297 g/mol. The van der Waals surface area contributed by atoms with Crippen molar-refractivity contribution in [3.05, 3.63) is 65.5 Å². The predicted molar refractivity (Wildman–Crippen MR) is 86.4 cm³/mol. The quantitative estimate of drug-likeness (QED) is 0.882. The first-order valence-corrected chi connectivity index (χ1v) is 7.75. The largest absolute Gasteiger partial charge is 0.325 e. The van der Waals surface area contributed by atoms with Crippen molar-refractivity contribution in [2.45, 2.75) is 38.0 Å². The summed E-state index contributed by atoms with van der Waals surface area (Å²) in [6.07, 6.45) is 3.78. The van der Waals surface area contributed by atoms with Crippen molar-refractivity contribution in [2.24, 2.45) is 0 Å². The predicted octanol–water partition coefficient (Wildman–Crippen LogP) is 4.58. The van der Waals surface area contributed by atoms with Gasteiger partial charge in [-0.1, -0.05) is 49.2 Å². The van der Waals surface area contributed by atoms with Gasteiger partial charge in [0.25, 0.3) is 0 Å². The van der Waals surface area contributed by atoms with Crippen molar-refractivity contribution in [3.63, 3.8) is 0 Å². The minimum Gasteiger partial charge on any atom is -0.325 e. The summed E-state index contributed by atoms with van der Waals surface area (Å²) in [6, 6.07) is 14.7. The number of rotatable bonds is 3. The van der Waals surface area contributed by atoms with E-state index in [2.05, 4.69) is 5.32 Å². The molecular weight excluding hydrogens is 277 g/mol. The molecule has 114 valence electrons. The Bertz CT molecular complexity index is 675. The Hall–Kier alpha value is -2.16. The van der Waals surface area contributed by atoms with Crippen molar-refractivity contribution in [3.8, 4) is 0 Å². The van der Waals surface area contributed by atoms with Gasteiger partial charge < -0.3 is 5.32 Å². The molecule has 1 N–H and O–H groups in total. The molecule has 1 fully saturated rings. The minimum absolute atomic E-state index is 0.0232. The summed E-state index contributed by atoms with van der Waals surface area (Å²) in [6.45, 7) is 1.69. The fraction of sp³-hybridized carbons (Fsp3) is 0.316. The lowest BCUT2D eigenvalue weighted by atomic mass is 9.78. The Labute approximate surface area is 130 Å². The number of amides is 1. The average Bonchev–Trinajstić information content (AvgIpc) is 3.04. The van der Waals surface area contributed by atoms with E-state index in [0.29, 0.717) is 11.3 Å². The van der Waals surface area contributed by atoms with E-state index >= 15 is 0 Å². The van der Waals surface area contributed by atoms with E-state index in [0.717, 1.165) is 31.2 Å². The summed E-state index contributed by atoms with van der Waals surface area (Å²) in [5.41, 5.74) is 1.61. The normalized spacial score (nSPS) is 16.5. The number of carbonyl (C=O) groups is 1. The molecule has 22 heavy (non-hydrogen) atoms. The molecule has 1 amide bonds. The van der Waals surface area contributed by atoms with Crippen LogP contribution in [0.4, 0.5) is 10.1 Å². The van der Waals surface area contributed by atoms with Gasteiger partial charge in [0.05, 0.1) is 5.41 Å². The monoisotopic (exact) mass is 297 g/mol. The fourth-order valence-corrected chi connectivity index (χ4v) is 3.37. The summed E-state index contributed by atoms with van der Waals surface area (Å²) >= 11 is 0. The summed E-state index contributed by atoms with van der Waals surface area (Å²) in [4.78, 5) is 13.0. The molecule has 2 aromatic carbocycles. The van der Waals surface area contributed by atoms with Gasteiger partial charge in [0.15, 0.2) is 0 Å². The second kappa shape index (κ2) is 5.91. The van der Waals surface area contributed by atoms with E-state index in [-0.39, 0.29) is 11.7 Å². The molecule has 0 aromatic heterocycles. The number of hydrogen-bond acceptors (Lipinski definition) is 1. The van der Waals surface area contributed by atoms with E-state index < -0.39 is 5.41 Å². The van der Waals surface area contributed by atoms with E-state index in [4.69, 9.17) is 0 Å². The van der Waals surface area contributed by atoms with E-state index in [1.807, 2.05) is 30.3 Å². The Balaban J connectivity index is 1.93. The van der Waals surface area contributed by atoms with Crippen molar-refractivity contribution in [1.82, 2.24) is 0 Å². The van der Waals surface area contributed by atoms with Crippen LogP contribution < -0.4 is 5.32 Å². The molecule has 0 saturated heterocycles. The van der Waals surface area contributed by atoms with Gasteiger partial charge in [-0.15, -0.1) is 0 Å². The summed E-state index contributed by atoms with van der Waals surface area (Å²) in [7, 11) is 0. The molecule has 3 heteroatoms. The van der Waals surface area contributed by atoms with Crippen LogP contribution in [0.15, 0.2) is 48.5 Å².